The lowest BCUT2D eigenvalue weighted by atomic mass is 10.0. The Balaban J connectivity index is 2.44. The average Bonchev–Trinajstić information content (AvgIpc) is 2.69. The maximum absolute atomic E-state index is 3.48. The highest BCUT2D eigenvalue weighted by molar-refractivity contribution is 5.97. The smallest absolute Gasteiger partial charge is 0.207 e. The average molecular weight is 229 g/mol. The van der Waals surface area contributed by atoms with Gasteiger partial charge in [-0.15, -0.1) is 0 Å². The number of aromatic amines is 1. The topological polar surface area (TPSA) is 29.8 Å². The van der Waals surface area contributed by atoms with Crippen LogP contribution in [0.3, 0.4) is 0 Å². The Labute approximate surface area is 103 Å². The van der Waals surface area contributed by atoms with Gasteiger partial charge >= 0.3 is 0 Å². The summed E-state index contributed by atoms with van der Waals surface area (Å²) in [5, 5.41) is 0. The van der Waals surface area contributed by atoms with Gasteiger partial charge in [-0.3, -0.25) is 0 Å². The first kappa shape index (κ1) is 11.9. The van der Waals surface area contributed by atoms with E-state index in [2.05, 4.69) is 56.7 Å². The molecule has 0 fully saturated rings. The van der Waals surface area contributed by atoms with Gasteiger partial charge in [0, 0.05) is 41.1 Å². The van der Waals surface area contributed by atoms with Gasteiger partial charge in [-0.25, -0.2) is 4.99 Å². The molecule has 17 heavy (non-hydrogen) atoms. The molecule has 0 bridgehead atoms. The van der Waals surface area contributed by atoms with Gasteiger partial charge in [0.2, 0.25) is 5.70 Å². The zero-order valence-corrected chi connectivity index (χ0v) is 11.4. The summed E-state index contributed by atoms with van der Waals surface area (Å²) in [5.74, 6) is 0. The summed E-state index contributed by atoms with van der Waals surface area (Å²) in [4.78, 5) is 6.82. The van der Waals surface area contributed by atoms with Crippen LogP contribution in [0.5, 0.6) is 0 Å². The first-order valence-electron chi connectivity index (χ1n) is 6.22. The summed E-state index contributed by atoms with van der Waals surface area (Å²) >= 11 is 0. The normalized spacial score (nSPS) is 18.2. The number of H-pyrrole nitrogens is 1. The molecule has 2 N–H and O–H groups in total. The predicted molar refractivity (Wildman–Crippen MR) is 72.9 cm³/mol. The second-order valence-corrected chi connectivity index (χ2v) is 4.80. The standard InChI is InChI=1S/C15H20N2/c1-6-14-10(3)15(17-12(14)5)8-13-7-9(2)16-11(13)4/h7-8,16H,6H2,1-5H3/p+1. The monoisotopic (exact) mass is 229 g/mol. The van der Waals surface area contributed by atoms with Gasteiger partial charge in [0.15, 0.2) is 5.71 Å². The number of nitrogens with one attached hydrogen (secondary N) is 2. The molecule has 0 aromatic carbocycles. The molecule has 0 aliphatic carbocycles. The minimum absolute atomic E-state index is 1.09. The van der Waals surface area contributed by atoms with Crippen LogP contribution >= 0.6 is 0 Å². The van der Waals surface area contributed by atoms with Gasteiger partial charge in [-0.05, 0) is 33.3 Å². The Morgan fingerprint density at radius 1 is 1.24 bits per heavy atom. The summed E-state index contributed by atoms with van der Waals surface area (Å²) < 4.78 is 0. The molecule has 2 rings (SSSR count). The quantitative estimate of drug-likeness (QED) is 0.779. The van der Waals surface area contributed by atoms with Gasteiger partial charge in [-0.1, -0.05) is 6.92 Å². The van der Waals surface area contributed by atoms with Crippen LogP contribution in [0.2, 0.25) is 0 Å². The predicted octanol–water partition coefficient (Wildman–Crippen LogP) is 2.25. The van der Waals surface area contributed by atoms with Crippen LogP contribution in [0.15, 0.2) is 22.9 Å². The third-order valence-electron chi connectivity index (χ3n) is 3.47. The number of allylic oxidation sites excluding steroid dienone is 2. The Kier molecular flexibility index (Phi) is 3.05. The summed E-state index contributed by atoms with van der Waals surface area (Å²) in [6.45, 7) is 10.8. The lowest BCUT2D eigenvalue weighted by molar-refractivity contribution is -0.386. The lowest BCUT2D eigenvalue weighted by Gasteiger charge is -1.94. The first-order chi connectivity index (χ1) is 8.02. The van der Waals surface area contributed by atoms with Crippen LogP contribution in [-0.4, -0.2) is 10.7 Å². The summed E-state index contributed by atoms with van der Waals surface area (Å²) in [5.41, 5.74) is 9.07. The molecular formula is C15H21N2+. The van der Waals surface area contributed by atoms with Crippen LogP contribution in [0.1, 0.15) is 44.1 Å². The lowest BCUT2D eigenvalue weighted by Crippen LogP contribution is -2.67. The van der Waals surface area contributed by atoms with Crippen molar-refractivity contribution in [1.82, 2.24) is 4.98 Å². The SMILES string of the molecule is CCC1=C(C)C(=Cc2cc(C)[nH]c2C)[NH+]=C1C. The third kappa shape index (κ3) is 2.12. The molecule has 0 unspecified atom stereocenters. The molecule has 2 heterocycles. The maximum Gasteiger partial charge on any atom is 0.207 e. The third-order valence-corrected chi connectivity index (χ3v) is 3.47. The van der Waals surface area contributed by atoms with E-state index in [9.17, 15) is 0 Å². The van der Waals surface area contributed by atoms with Crippen molar-refractivity contribution in [3.8, 4) is 0 Å². The molecule has 1 aromatic rings. The molecule has 0 spiro atoms. The molecule has 0 atom stereocenters. The highest BCUT2D eigenvalue weighted by Crippen LogP contribution is 2.20. The van der Waals surface area contributed by atoms with Crippen LogP contribution in [0.4, 0.5) is 0 Å². The number of hydrogen-bond donors (Lipinski definition) is 2. The first-order valence-corrected chi connectivity index (χ1v) is 6.22. The zero-order chi connectivity index (χ0) is 12.6. The second kappa shape index (κ2) is 4.36. The van der Waals surface area contributed by atoms with E-state index in [-0.39, 0.29) is 0 Å². The molecule has 2 nitrogen and oxygen atoms in total. The molecule has 0 amide bonds. The van der Waals surface area contributed by atoms with E-state index in [0.717, 1.165) is 6.42 Å². The van der Waals surface area contributed by atoms with Gasteiger partial charge in [0.1, 0.15) is 0 Å². The fourth-order valence-electron chi connectivity index (χ4n) is 2.54. The van der Waals surface area contributed by atoms with Crippen LogP contribution in [0.25, 0.3) is 6.08 Å². The summed E-state index contributed by atoms with van der Waals surface area (Å²) in [6, 6.07) is 2.19. The summed E-state index contributed by atoms with van der Waals surface area (Å²) in [6.07, 6.45) is 3.33. The highest BCUT2D eigenvalue weighted by atomic mass is 14.8. The van der Waals surface area contributed by atoms with Crippen LogP contribution < -0.4 is 4.99 Å². The van der Waals surface area contributed by atoms with Crippen LogP contribution in [-0.2, 0) is 0 Å². The van der Waals surface area contributed by atoms with Crippen molar-refractivity contribution >= 4 is 11.8 Å². The Morgan fingerprint density at radius 3 is 2.41 bits per heavy atom. The van der Waals surface area contributed by atoms with Crippen molar-refractivity contribution in [2.45, 2.75) is 41.0 Å². The molecule has 2 heteroatoms. The molecule has 1 aromatic heterocycles. The Hall–Kier alpha value is -1.57. The molecule has 1 aliphatic heterocycles. The highest BCUT2D eigenvalue weighted by Gasteiger charge is 2.23. The second-order valence-electron chi connectivity index (χ2n) is 4.80. The molecule has 0 radical (unpaired) electrons. The Morgan fingerprint density at radius 2 is 1.94 bits per heavy atom. The van der Waals surface area contributed by atoms with Crippen molar-refractivity contribution in [1.29, 1.82) is 0 Å². The van der Waals surface area contributed by atoms with E-state index >= 15 is 0 Å². The fourth-order valence-corrected chi connectivity index (χ4v) is 2.54. The molecule has 90 valence electrons. The number of aryl methyl sites for hydroxylation is 2. The van der Waals surface area contributed by atoms with Crippen molar-refractivity contribution < 1.29 is 4.99 Å². The Bertz CT molecular complexity index is 539. The van der Waals surface area contributed by atoms with E-state index in [1.807, 2.05) is 0 Å². The van der Waals surface area contributed by atoms with Gasteiger partial charge in [-0.2, -0.15) is 0 Å². The minimum Gasteiger partial charge on any atom is -0.362 e. The van der Waals surface area contributed by atoms with Gasteiger partial charge in [0.05, 0.1) is 0 Å². The molecule has 0 saturated heterocycles. The largest absolute Gasteiger partial charge is 0.362 e. The number of hydrogen-bond acceptors (Lipinski definition) is 0. The van der Waals surface area contributed by atoms with Gasteiger partial charge < -0.3 is 4.98 Å². The molecular weight excluding hydrogens is 208 g/mol. The molecule has 0 saturated carbocycles. The van der Waals surface area contributed by atoms with E-state index in [1.54, 1.807) is 0 Å². The summed E-state index contributed by atoms with van der Waals surface area (Å²) in [7, 11) is 0. The van der Waals surface area contributed by atoms with E-state index in [4.69, 9.17) is 0 Å². The number of rotatable bonds is 2. The van der Waals surface area contributed by atoms with E-state index in [0.29, 0.717) is 0 Å². The zero-order valence-electron chi connectivity index (χ0n) is 11.4. The minimum atomic E-state index is 1.09. The van der Waals surface area contributed by atoms with Crippen LogP contribution in [0, 0.1) is 13.8 Å². The van der Waals surface area contributed by atoms with Crippen molar-refractivity contribution in [2.75, 3.05) is 0 Å². The van der Waals surface area contributed by atoms with Gasteiger partial charge in [0.25, 0.3) is 0 Å². The van der Waals surface area contributed by atoms with E-state index in [1.165, 1.54) is 39.5 Å². The maximum atomic E-state index is 3.48. The fraction of sp³-hybridized carbons (Fsp3) is 0.400. The van der Waals surface area contributed by atoms with E-state index < -0.39 is 0 Å². The number of aromatic nitrogens is 1. The molecule has 1 aliphatic rings. The van der Waals surface area contributed by atoms with Crippen molar-refractivity contribution in [3.63, 3.8) is 0 Å². The van der Waals surface area contributed by atoms with Crippen molar-refractivity contribution in [2.24, 2.45) is 0 Å². The van der Waals surface area contributed by atoms with Crippen molar-refractivity contribution in [3.05, 3.63) is 39.9 Å².